The molecule has 0 amide bonds. The second-order valence-electron chi connectivity index (χ2n) is 7.33. The van der Waals surface area contributed by atoms with E-state index in [4.69, 9.17) is 0 Å². The maximum Gasteiger partial charge on any atom is 0.226 e. The van der Waals surface area contributed by atoms with Crippen LogP contribution in [-0.4, -0.2) is 39.0 Å². The lowest BCUT2D eigenvalue weighted by atomic mass is 9.83. The van der Waals surface area contributed by atoms with Gasteiger partial charge in [0.15, 0.2) is 5.65 Å². The van der Waals surface area contributed by atoms with Gasteiger partial charge >= 0.3 is 0 Å². The summed E-state index contributed by atoms with van der Waals surface area (Å²) in [6.07, 6.45) is 2.65. The van der Waals surface area contributed by atoms with E-state index in [-0.39, 0.29) is 5.92 Å². The molecule has 2 N–H and O–H groups in total. The van der Waals surface area contributed by atoms with E-state index in [2.05, 4.69) is 44.8 Å². The summed E-state index contributed by atoms with van der Waals surface area (Å²) in [6.45, 7) is 3.48. The van der Waals surface area contributed by atoms with Crippen molar-refractivity contribution in [1.29, 1.82) is 0 Å². The van der Waals surface area contributed by atoms with E-state index in [0.717, 1.165) is 24.0 Å². The van der Waals surface area contributed by atoms with Crippen LogP contribution in [0.1, 0.15) is 31.2 Å². The number of nitrogens with one attached hydrogen (secondary N) is 2. The Balaban J connectivity index is 1.51. The van der Waals surface area contributed by atoms with Crippen molar-refractivity contribution in [3.05, 3.63) is 42.1 Å². The summed E-state index contributed by atoms with van der Waals surface area (Å²) in [4.78, 5) is 9.23. The lowest BCUT2D eigenvalue weighted by molar-refractivity contribution is 0.122. The van der Waals surface area contributed by atoms with Gasteiger partial charge < -0.3 is 10.6 Å². The molecule has 1 fully saturated rings. The molecular weight excluding hydrogens is 343 g/mol. The van der Waals surface area contributed by atoms with E-state index in [1.165, 1.54) is 5.56 Å². The number of rotatable bonds is 7. The number of alkyl halides is 1. The molecule has 1 saturated carbocycles. The molecule has 7 heteroatoms. The van der Waals surface area contributed by atoms with E-state index in [0.29, 0.717) is 30.6 Å². The van der Waals surface area contributed by atoms with Crippen LogP contribution in [0.2, 0.25) is 0 Å². The molecule has 3 unspecified atom stereocenters. The Bertz CT molecular complexity index is 909. The summed E-state index contributed by atoms with van der Waals surface area (Å²) in [6, 6.07) is 10.4. The molecule has 1 aliphatic rings. The first-order chi connectivity index (χ1) is 13.1. The third kappa shape index (κ3) is 3.72. The molecule has 0 spiro atoms. The lowest BCUT2D eigenvalue weighted by Crippen LogP contribution is -2.33. The van der Waals surface area contributed by atoms with E-state index in [9.17, 15) is 4.39 Å². The predicted octanol–water partition coefficient (Wildman–Crippen LogP) is 3.74. The fraction of sp³-hybridized carbons (Fsp3) is 0.450. The minimum Gasteiger partial charge on any atom is -0.369 e. The minimum atomic E-state index is -0.701. The van der Waals surface area contributed by atoms with Crippen LogP contribution >= 0.6 is 0 Å². The van der Waals surface area contributed by atoms with Crippen molar-refractivity contribution in [2.45, 2.75) is 31.9 Å². The second kappa shape index (κ2) is 7.50. The topological polar surface area (TPSA) is 67.7 Å². The molecule has 142 valence electrons. The number of anilines is 2. The monoisotopic (exact) mass is 368 g/mol. The SMILES string of the molecule is CC(CNc1nc(NCC2CCC2F)c2cnn(C)c2n1)c1ccccc1. The highest BCUT2D eigenvalue weighted by atomic mass is 19.1. The van der Waals surface area contributed by atoms with Crippen LogP contribution in [-0.2, 0) is 7.05 Å². The van der Waals surface area contributed by atoms with Crippen LogP contribution in [0.15, 0.2) is 36.5 Å². The molecule has 1 aliphatic carbocycles. The molecular formula is C20H25FN6. The zero-order valence-corrected chi connectivity index (χ0v) is 15.7. The van der Waals surface area contributed by atoms with Gasteiger partial charge in [0.05, 0.1) is 11.6 Å². The smallest absolute Gasteiger partial charge is 0.226 e. The number of benzene rings is 1. The van der Waals surface area contributed by atoms with E-state index in [1.807, 2.05) is 25.2 Å². The summed E-state index contributed by atoms with van der Waals surface area (Å²) in [7, 11) is 1.86. The van der Waals surface area contributed by atoms with E-state index in [1.54, 1.807) is 10.9 Å². The fourth-order valence-corrected chi connectivity index (χ4v) is 3.37. The largest absolute Gasteiger partial charge is 0.369 e. The Morgan fingerprint density at radius 1 is 1.19 bits per heavy atom. The van der Waals surface area contributed by atoms with Gasteiger partial charge in [0.25, 0.3) is 0 Å². The van der Waals surface area contributed by atoms with Crippen molar-refractivity contribution in [2.75, 3.05) is 23.7 Å². The summed E-state index contributed by atoms with van der Waals surface area (Å²) in [5.41, 5.74) is 2.02. The van der Waals surface area contributed by atoms with Gasteiger partial charge in [0, 0.05) is 26.1 Å². The number of fused-ring (bicyclic) bond motifs is 1. The quantitative estimate of drug-likeness (QED) is 0.665. The number of hydrogen-bond acceptors (Lipinski definition) is 5. The molecule has 2 heterocycles. The van der Waals surface area contributed by atoms with Crippen LogP contribution in [0.3, 0.4) is 0 Å². The highest BCUT2D eigenvalue weighted by Gasteiger charge is 2.30. The normalized spacial score (nSPS) is 20.3. The molecule has 0 saturated heterocycles. The van der Waals surface area contributed by atoms with Gasteiger partial charge in [0.2, 0.25) is 5.95 Å². The van der Waals surface area contributed by atoms with Crippen molar-refractivity contribution >= 4 is 22.8 Å². The molecule has 0 radical (unpaired) electrons. The molecule has 3 atom stereocenters. The number of aromatic nitrogens is 4. The van der Waals surface area contributed by atoms with Crippen molar-refractivity contribution in [3.63, 3.8) is 0 Å². The first-order valence-corrected chi connectivity index (χ1v) is 9.48. The first-order valence-electron chi connectivity index (χ1n) is 9.48. The third-order valence-corrected chi connectivity index (χ3v) is 5.38. The Morgan fingerprint density at radius 3 is 2.70 bits per heavy atom. The summed E-state index contributed by atoms with van der Waals surface area (Å²) in [5, 5.41) is 11.8. The third-order valence-electron chi connectivity index (χ3n) is 5.38. The maximum atomic E-state index is 13.6. The van der Waals surface area contributed by atoms with Gasteiger partial charge in [-0.25, -0.2) is 4.39 Å². The van der Waals surface area contributed by atoms with Crippen molar-refractivity contribution < 1.29 is 4.39 Å². The van der Waals surface area contributed by atoms with Crippen LogP contribution in [0.25, 0.3) is 11.0 Å². The van der Waals surface area contributed by atoms with Crippen molar-refractivity contribution in [3.8, 4) is 0 Å². The zero-order valence-electron chi connectivity index (χ0n) is 15.7. The first kappa shape index (κ1) is 17.7. The predicted molar refractivity (Wildman–Crippen MR) is 106 cm³/mol. The number of halogens is 1. The Kier molecular flexibility index (Phi) is 4.92. The van der Waals surface area contributed by atoms with Crippen molar-refractivity contribution in [1.82, 2.24) is 19.7 Å². The summed E-state index contributed by atoms with van der Waals surface area (Å²) in [5.74, 6) is 1.67. The standard InChI is InChI=1S/C20H25FN6/c1-13(14-6-4-3-5-7-14)10-23-20-25-18(22-11-15-8-9-17(15)21)16-12-24-27(2)19(16)26-20/h3-7,12-13,15,17H,8-11H2,1-2H3,(H2,22,23,25,26). The lowest BCUT2D eigenvalue weighted by Gasteiger charge is -2.30. The summed E-state index contributed by atoms with van der Waals surface area (Å²) >= 11 is 0. The number of hydrogen-bond donors (Lipinski definition) is 2. The van der Waals surface area contributed by atoms with Gasteiger partial charge in [-0.1, -0.05) is 37.3 Å². The Labute approximate surface area is 158 Å². The van der Waals surface area contributed by atoms with Crippen LogP contribution in [0, 0.1) is 5.92 Å². The molecule has 27 heavy (non-hydrogen) atoms. The Morgan fingerprint density at radius 2 is 2.00 bits per heavy atom. The molecule has 2 aromatic heterocycles. The van der Waals surface area contributed by atoms with Crippen LogP contribution in [0.5, 0.6) is 0 Å². The molecule has 3 aromatic rings. The van der Waals surface area contributed by atoms with E-state index < -0.39 is 6.17 Å². The van der Waals surface area contributed by atoms with Gasteiger partial charge in [-0.2, -0.15) is 15.1 Å². The zero-order chi connectivity index (χ0) is 18.8. The number of nitrogens with zero attached hydrogens (tertiary/aromatic N) is 4. The number of aryl methyl sites for hydroxylation is 1. The molecule has 4 rings (SSSR count). The highest BCUT2D eigenvalue weighted by molar-refractivity contribution is 5.87. The van der Waals surface area contributed by atoms with Crippen molar-refractivity contribution in [2.24, 2.45) is 13.0 Å². The van der Waals surface area contributed by atoms with Crippen LogP contribution in [0.4, 0.5) is 16.2 Å². The van der Waals surface area contributed by atoms with Gasteiger partial charge in [-0.15, -0.1) is 0 Å². The second-order valence-corrected chi connectivity index (χ2v) is 7.33. The van der Waals surface area contributed by atoms with E-state index >= 15 is 0 Å². The van der Waals surface area contributed by atoms with Gasteiger partial charge in [0.1, 0.15) is 12.0 Å². The molecule has 0 bridgehead atoms. The average Bonchev–Trinajstić information content (AvgIpc) is 3.06. The van der Waals surface area contributed by atoms with Crippen LogP contribution < -0.4 is 10.6 Å². The minimum absolute atomic E-state index is 0.0706. The Hall–Kier alpha value is -2.70. The molecule has 6 nitrogen and oxygen atoms in total. The maximum absolute atomic E-state index is 13.6. The molecule has 1 aromatic carbocycles. The fourth-order valence-electron chi connectivity index (χ4n) is 3.37. The summed E-state index contributed by atoms with van der Waals surface area (Å²) < 4.78 is 15.3. The highest BCUT2D eigenvalue weighted by Crippen LogP contribution is 2.31. The van der Waals surface area contributed by atoms with Gasteiger partial charge in [-0.05, 0) is 24.3 Å². The molecule has 0 aliphatic heterocycles. The van der Waals surface area contributed by atoms with Gasteiger partial charge in [-0.3, -0.25) is 4.68 Å². The average molecular weight is 368 g/mol.